The van der Waals surface area contributed by atoms with E-state index in [0.717, 1.165) is 23.9 Å². The van der Waals surface area contributed by atoms with Crippen LogP contribution in [0.4, 0.5) is 0 Å². The highest BCUT2D eigenvalue weighted by Gasteiger charge is 2.21. The van der Waals surface area contributed by atoms with Gasteiger partial charge < -0.3 is 10.5 Å². The Morgan fingerprint density at radius 3 is 2.86 bits per heavy atom. The number of nitrogens with two attached hydrogens (primary N) is 1. The summed E-state index contributed by atoms with van der Waals surface area (Å²) in [5, 5.41) is 0. The highest BCUT2D eigenvalue weighted by molar-refractivity contribution is 5.10. The minimum Gasteiger partial charge on any atom is -0.375 e. The van der Waals surface area contributed by atoms with Gasteiger partial charge in [0, 0.05) is 13.2 Å². The number of rotatable bonds is 5. The molecule has 1 aromatic rings. The second kappa shape index (κ2) is 4.53. The Morgan fingerprint density at radius 1 is 1.36 bits per heavy atom. The van der Waals surface area contributed by atoms with Crippen LogP contribution < -0.4 is 5.73 Å². The molecule has 0 atom stereocenters. The van der Waals surface area contributed by atoms with Gasteiger partial charge in [0.25, 0.3) is 0 Å². The summed E-state index contributed by atoms with van der Waals surface area (Å²) in [7, 11) is 0. The van der Waals surface area contributed by atoms with Crippen LogP contribution in [0.5, 0.6) is 0 Å². The molecule has 0 saturated heterocycles. The number of aromatic nitrogens is 1. The van der Waals surface area contributed by atoms with Crippen LogP contribution >= 0.6 is 0 Å². The normalized spacial score (nSPS) is 15.8. The fourth-order valence-electron chi connectivity index (χ4n) is 1.34. The van der Waals surface area contributed by atoms with Crippen LogP contribution in [-0.4, -0.2) is 11.6 Å². The number of ether oxygens (including phenoxy) is 1. The molecule has 0 spiro atoms. The molecule has 1 aliphatic rings. The predicted molar refractivity (Wildman–Crippen MR) is 54.5 cm³/mol. The molecule has 3 nitrogen and oxygen atoms in total. The van der Waals surface area contributed by atoms with Crippen LogP contribution in [0, 0.1) is 5.92 Å². The van der Waals surface area contributed by atoms with Gasteiger partial charge in [0.2, 0.25) is 0 Å². The number of hydrogen-bond acceptors (Lipinski definition) is 3. The third-order valence-corrected chi connectivity index (χ3v) is 2.37. The quantitative estimate of drug-likeness (QED) is 0.768. The van der Waals surface area contributed by atoms with E-state index in [9.17, 15) is 0 Å². The van der Waals surface area contributed by atoms with Crippen molar-refractivity contribution in [1.82, 2.24) is 4.98 Å². The highest BCUT2D eigenvalue weighted by Crippen LogP contribution is 2.28. The summed E-state index contributed by atoms with van der Waals surface area (Å²) in [4.78, 5) is 4.36. The van der Waals surface area contributed by atoms with Gasteiger partial charge in [-0.15, -0.1) is 0 Å². The first-order valence-corrected chi connectivity index (χ1v) is 5.11. The minimum absolute atomic E-state index is 0.496. The summed E-state index contributed by atoms with van der Waals surface area (Å²) in [6.07, 6.45) is 2.66. The molecule has 1 fully saturated rings. The molecule has 1 heterocycles. The third kappa shape index (κ3) is 2.79. The monoisotopic (exact) mass is 192 g/mol. The maximum atomic E-state index is 5.54. The lowest BCUT2D eigenvalue weighted by Crippen LogP contribution is -2.04. The first-order valence-electron chi connectivity index (χ1n) is 5.11. The molecular weight excluding hydrogens is 176 g/mol. The summed E-state index contributed by atoms with van der Waals surface area (Å²) in [5.41, 5.74) is 7.41. The van der Waals surface area contributed by atoms with Crippen molar-refractivity contribution in [2.75, 3.05) is 6.61 Å². The summed E-state index contributed by atoms with van der Waals surface area (Å²) in [6, 6.07) is 5.89. The lowest BCUT2D eigenvalue weighted by Gasteiger charge is -2.03. The van der Waals surface area contributed by atoms with E-state index in [0.29, 0.717) is 13.2 Å². The van der Waals surface area contributed by atoms with Crippen molar-refractivity contribution in [2.24, 2.45) is 11.7 Å². The van der Waals surface area contributed by atoms with E-state index in [4.69, 9.17) is 10.5 Å². The van der Waals surface area contributed by atoms with E-state index in [2.05, 4.69) is 4.98 Å². The second-order valence-electron chi connectivity index (χ2n) is 3.78. The van der Waals surface area contributed by atoms with Crippen LogP contribution in [0.2, 0.25) is 0 Å². The smallest absolute Gasteiger partial charge is 0.0888 e. The molecule has 76 valence electrons. The molecule has 0 aromatic carbocycles. The summed E-state index contributed by atoms with van der Waals surface area (Å²) >= 11 is 0. The summed E-state index contributed by atoms with van der Waals surface area (Å²) in [6.45, 7) is 2.00. The molecule has 1 saturated carbocycles. The van der Waals surface area contributed by atoms with E-state index in [1.807, 2.05) is 18.2 Å². The molecule has 0 radical (unpaired) electrons. The Kier molecular flexibility index (Phi) is 3.11. The average molecular weight is 192 g/mol. The fourth-order valence-corrected chi connectivity index (χ4v) is 1.34. The van der Waals surface area contributed by atoms with Gasteiger partial charge in [0.15, 0.2) is 0 Å². The third-order valence-electron chi connectivity index (χ3n) is 2.37. The lowest BCUT2D eigenvalue weighted by molar-refractivity contribution is 0.108. The van der Waals surface area contributed by atoms with Crippen LogP contribution in [0.1, 0.15) is 24.2 Å². The fraction of sp³-hybridized carbons (Fsp3) is 0.545. The Bertz CT molecular complexity index is 297. The van der Waals surface area contributed by atoms with Gasteiger partial charge in [-0.05, 0) is 30.9 Å². The van der Waals surface area contributed by atoms with Gasteiger partial charge in [0.1, 0.15) is 0 Å². The van der Waals surface area contributed by atoms with E-state index in [1.54, 1.807) is 0 Å². The van der Waals surface area contributed by atoms with Crippen molar-refractivity contribution in [3.8, 4) is 0 Å². The van der Waals surface area contributed by atoms with Crippen molar-refractivity contribution in [3.05, 3.63) is 29.6 Å². The van der Waals surface area contributed by atoms with Gasteiger partial charge in [-0.2, -0.15) is 0 Å². The molecule has 0 unspecified atom stereocenters. The zero-order chi connectivity index (χ0) is 9.80. The van der Waals surface area contributed by atoms with Gasteiger partial charge in [0.05, 0.1) is 18.0 Å². The SMILES string of the molecule is NCc1cccc(COCC2CC2)n1. The van der Waals surface area contributed by atoms with E-state index >= 15 is 0 Å². The van der Waals surface area contributed by atoms with Crippen LogP contribution in [0.15, 0.2) is 18.2 Å². The zero-order valence-electron chi connectivity index (χ0n) is 8.28. The molecule has 3 heteroatoms. The maximum Gasteiger partial charge on any atom is 0.0888 e. The van der Waals surface area contributed by atoms with Crippen LogP contribution in [-0.2, 0) is 17.9 Å². The van der Waals surface area contributed by atoms with E-state index in [1.165, 1.54) is 12.8 Å². The largest absolute Gasteiger partial charge is 0.375 e. The first-order chi connectivity index (χ1) is 6.88. The van der Waals surface area contributed by atoms with E-state index < -0.39 is 0 Å². The molecule has 0 amide bonds. The molecule has 2 N–H and O–H groups in total. The molecule has 0 bridgehead atoms. The topological polar surface area (TPSA) is 48.1 Å². The minimum atomic E-state index is 0.496. The molecular formula is C11H16N2O. The molecule has 0 aliphatic heterocycles. The first kappa shape index (κ1) is 9.62. The Balaban J connectivity index is 1.81. The second-order valence-corrected chi connectivity index (χ2v) is 3.78. The van der Waals surface area contributed by atoms with Crippen molar-refractivity contribution in [2.45, 2.75) is 26.0 Å². The van der Waals surface area contributed by atoms with Crippen LogP contribution in [0.25, 0.3) is 0 Å². The maximum absolute atomic E-state index is 5.54. The average Bonchev–Trinajstić information content (AvgIpc) is 3.02. The Labute approximate surface area is 84.3 Å². The van der Waals surface area contributed by atoms with Gasteiger partial charge in [-0.1, -0.05) is 6.07 Å². The molecule has 1 aliphatic carbocycles. The van der Waals surface area contributed by atoms with Crippen molar-refractivity contribution < 1.29 is 4.74 Å². The zero-order valence-corrected chi connectivity index (χ0v) is 8.28. The predicted octanol–water partition coefficient (Wildman–Crippen LogP) is 1.47. The number of pyridine rings is 1. The summed E-state index contributed by atoms with van der Waals surface area (Å²) < 4.78 is 5.54. The van der Waals surface area contributed by atoms with Gasteiger partial charge in [-0.3, -0.25) is 4.98 Å². The lowest BCUT2D eigenvalue weighted by atomic mass is 10.3. The Morgan fingerprint density at radius 2 is 2.14 bits per heavy atom. The Hall–Kier alpha value is -0.930. The van der Waals surface area contributed by atoms with Gasteiger partial charge in [-0.25, -0.2) is 0 Å². The molecule has 1 aromatic heterocycles. The molecule has 2 rings (SSSR count). The van der Waals surface area contributed by atoms with Crippen LogP contribution in [0.3, 0.4) is 0 Å². The standard InChI is InChI=1S/C11H16N2O/c12-6-10-2-1-3-11(13-10)8-14-7-9-4-5-9/h1-3,9H,4-8,12H2. The van der Waals surface area contributed by atoms with Gasteiger partial charge >= 0.3 is 0 Å². The molecule has 14 heavy (non-hydrogen) atoms. The number of nitrogens with zero attached hydrogens (tertiary/aromatic N) is 1. The summed E-state index contributed by atoms with van der Waals surface area (Å²) in [5.74, 6) is 0.813. The highest BCUT2D eigenvalue weighted by atomic mass is 16.5. The van der Waals surface area contributed by atoms with Crippen molar-refractivity contribution in [3.63, 3.8) is 0 Å². The number of hydrogen-bond donors (Lipinski definition) is 1. The van der Waals surface area contributed by atoms with Crippen molar-refractivity contribution in [1.29, 1.82) is 0 Å². The van der Waals surface area contributed by atoms with Crippen molar-refractivity contribution >= 4 is 0 Å². The van der Waals surface area contributed by atoms with E-state index in [-0.39, 0.29) is 0 Å².